The first-order chi connectivity index (χ1) is 14.1. The summed E-state index contributed by atoms with van der Waals surface area (Å²) < 4.78 is 10.3. The Balaban J connectivity index is 1.65. The molecule has 2 atom stereocenters. The van der Waals surface area contributed by atoms with Gasteiger partial charge in [0, 0.05) is 6.54 Å². The van der Waals surface area contributed by atoms with E-state index in [0.29, 0.717) is 24.0 Å². The number of nitrogens with two attached hydrogens (primary N) is 1. The van der Waals surface area contributed by atoms with Crippen molar-refractivity contribution in [3.05, 3.63) is 60.2 Å². The highest BCUT2D eigenvalue weighted by Crippen LogP contribution is 2.51. The van der Waals surface area contributed by atoms with Crippen LogP contribution in [0.2, 0.25) is 0 Å². The average molecular weight is 411 g/mol. The molecule has 0 bridgehead atoms. The second-order valence-electron chi connectivity index (χ2n) is 9.30. The molecule has 0 spiro atoms. The number of carbonyl (C=O) groups is 2. The molecule has 1 fully saturated rings. The molecule has 1 saturated carbocycles. The van der Waals surface area contributed by atoms with Crippen LogP contribution in [0.3, 0.4) is 0 Å². The molecule has 0 aliphatic heterocycles. The second-order valence-corrected chi connectivity index (χ2v) is 9.30. The smallest absolute Gasteiger partial charge is 0.411 e. The van der Waals surface area contributed by atoms with Gasteiger partial charge in [-0.25, -0.2) is 9.59 Å². The molecule has 160 valence electrons. The lowest BCUT2D eigenvalue weighted by Gasteiger charge is -2.47. The van der Waals surface area contributed by atoms with Crippen LogP contribution in [0, 0.1) is 10.8 Å². The van der Waals surface area contributed by atoms with E-state index >= 15 is 0 Å². The first kappa shape index (κ1) is 21.7. The van der Waals surface area contributed by atoms with Gasteiger partial charge in [0.1, 0.15) is 11.5 Å². The number of hydrogen-bond donors (Lipinski definition) is 2. The van der Waals surface area contributed by atoms with Crippen molar-refractivity contribution in [2.24, 2.45) is 16.6 Å². The van der Waals surface area contributed by atoms with E-state index in [1.807, 2.05) is 30.3 Å². The Kier molecular flexibility index (Phi) is 6.34. The Morgan fingerprint density at radius 2 is 1.60 bits per heavy atom. The lowest BCUT2D eigenvalue weighted by Crippen LogP contribution is -2.43. The largest absolute Gasteiger partial charge is 0.412 e. The molecule has 6 heteroatoms. The maximum atomic E-state index is 12.3. The maximum absolute atomic E-state index is 12.3. The molecule has 0 saturated heterocycles. The van der Waals surface area contributed by atoms with Gasteiger partial charge in [-0.3, -0.25) is 0 Å². The van der Waals surface area contributed by atoms with Gasteiger partial charge in [0.2, 0.25) is 0 Å². The predicted molar refractivity (Wildman–Crippen MR) is 116 cm³/mol. The summed E-state index contributed by atoms with van der Waals surface area (Å²) in [6.45, 7) is 7.30. The molecule has 3 rings (SSSR count). The third kappa shape index (κ3) is 5.99. The number of ether oxygens (including phenoxy) is 2. The van der Waals surface area contributed by atoms with Gasteiger partial charge < -0.3 is 20.5 Å². The van der Waals surface area contributed by atoms with Crippen LogP contribution in [0.4, 0.5) is 9.59 Å². The fourth-order valence-electron chi connectivity index (χ4n) is 4.85. The lowest BCUT2D eigenvalue weighted by atomic mass is 9.59. The highest BCUT2D eigenvalue weighted by Gasteiger charge is 2.41. The van der Waals surface area contributed by atoms with Crippen molar-refractivity contribution in [2.75, 3.05) is 6.54 Å². The highest BCUT2D eigenvalue weighted by atomic mass is 16.6. The first-order valence-corrected chi connectivity index (χ1v) is 10.2. The quantitative estimate of drug-likeness (QED) is 0.706. The predicted octanol–water partition coefficient (Wildman–Crippen LogP) is 5.23. The van der Waals surface area contributed by atoms with Crippen LogP contribution in [-0.2, 0) is 0 Å². The van der Waals surface area contributed by atoms with E-state index in [0.717, 1.165) is 19.3 Å². The summed E-state index contributed by atoms with van der Waals surface area (Å²) in [7, 11) is 0. The summed E-state index contributed by atoms with van der Waals surface area (Å²) in [4.78, 5) is 23.2. The van der Waals surface area contributed by atoms with E-state index in [9.17, 15) is 9.59 Å². The Hall–Kier alpha value is -3.02. The van der Waals surface area contributed by atoms with Gasteiger partial charge in [0.05, 0.1) is 0 Å². The fourth-order valence-corrected chi connectivity index (χ4v) is 4.85. The van der Waals surface area contributed by atoms with Crippen LogP contribution in [0.1, 0.15) is 51.5 Å². The summed E-state index contributed by atoms with van der Waals surface area (Å²) in [5, 5.41) is 2.95. The highest BCUT2D eigenvalue weighted by molar-refractivity contribution is 5.70. The molecule has 2 unspecified atom stereocenters. The van der Waals surface area contributed by atoms with Crippen LogP contribution in [0.25, 0.3) is 0 Å². The summed E-state index contributed by atoms with van der Waals surface area (Å²) in [6, 6.07) is 16.6. The van der Waals surface area contributed by atoms with Crippen LogP contribution >= 0.6 is 0 Å². The minimum absolute atomic E-state index is 0.0650. The molecule has 1 aliphatic carbocycles. The topological polar surface area (TPSA) is 90.6 Å². The monoisotopic (exact) mass is 410 g/mol. The molecule has 3 N–H and O–H groups in total. The molecule has 2 amide bonds. The van der Waals surface area contributed by atoms with Crippen molar-refractivity contribution in [1.29, 1.82) is 0 Å². The SMILES string of the molecule is CC1(C)CC(c2ccc(OC(N)=O)cc2)CC(C)(CNC(=O)Oc2ccccc2)C1. The Morgan fingerprint density at radius 3 is 2.23 bits per heavy atom. The molecule has 6 nitrogen and oxygen atoms in total. The number of carbonyl (C=O) groups excluding carboxylic acids is 2. The minimum Gasteiger partial charge on any atom is -0.411 e. The molecule has 0 aromatic heterocycles. The molecule has 2 aromatic rings. The minimum atomic E-state index is -0.817. The van der Waals surface area contributed by atoms with Gasteiger partial charge in [-0.2, -0.15) is 0 Å². The molecule has 30 heavy (non-hydrogen) atoms. The number of rotatable bonds is 5. The van der Waals surface area contributed by atoms with Crippen LogP contribution in [0.15, 0.2) is 54.6 Å². The zero-order valence-electron chi connectivity index (χ0n) is 17.8. The standard InChI is InChI=1S/C24H30N2O4/c1-23(2)13-18(17-9-11-20(12-10-17)29-21(25)27)14-24(3,15-23)16-26-22(28)30-19-7-5-4-6-8-19/h4-12,18H,13-16H2,1-3H3,(H2,25,27)(H,26,28). The molecule has 0 radical (unpaired) electrons. The summed E-state index contributed by atoms with van der Waals surface area (Å²) >= 11 is 0. The van der Waals surface area contributed by atoms with Gasteiger partial charge in [0.15, 0.2) is 0 Å². The third-order valence-electron chi connectivity index (χ3n) is 5.63. The molecule has 2 aromatic carbocycles. The number of hydrogen-bond acceptors (Lipinski definition) is 4. The number of para-hydroxylation sites is 1. The molecule has 0 heterocycles. The van der Waals surface area contributed by atoms with Gasteiger partial charge in [-0.15, -0.1) is 0 Å². The third-order valence-corrected chi connectivity index (χ3v) is 5.63. The van der Waals surface area contributed by atoms with Crippen molar-refractivity contribution in [3.8, 4) is 11.5 Å². The fraction of sp³-hybridized carbons (Fsp3) is 0.417. The van der Waals surface area contributed by atoms with Crippen LogP contribution in [0.5, 0.6) is 11.5 Å². The number of nitrogens with one attached hydrogen (secondary N) is 1. The van der Waals surface area contributed by atoms with Crippen molar-refractivity contribution in [1.82, 2.24) is 5.32 Å². The Labute approximate surface area is 177 Å². The van der Waals surface area contributed by atoms with Crippen molar-refractivity contribution in [2.45, 2.75) is 46.0 Å². The number of primary amides is 1. The number of benzene rings is 2. The van der Waals surface area contributed by atoms with E-state index in [-0.39, 0.29) is 10.8 Å². The second kappa shape index (κ2) is 8.78. The summed E-state index contributed by atoms with van der Waals surface area (Å²) in [5.41, 5.74) is 6.33. The van der Waals surface area contributed by atoms with Gasteiger partial charge in [-0.1, -0.05) is 51.1 Å². The lowest BCUT2D eigenvalue weighted by molar-refractivity contribution is 0.0802. The van der Waals surface area contributed by atoms with E-state index < -0.39 is 12.2 Å². The van der Waals surface area contributed by atoms with E-state index in [1.165, 1.54) is 5.56 Å². The van der Waals surface area contributed by atoms with E-state index in [4.69, 9.17) is 15.2 Å². The van der Waals surface area contributed by atoms with Crippen LogP contribution < -0.4 is 20.5 Å². The molecule has 1 aliphatic rings. The molecular formula is C24H30N2O4. The summed E-state index contributed by atoms with van der Waals surface area (Å²) in [5.74, 6) is 1.31. The van der Waals surface area contributed by atoms with E-state index in [1.54, 1.807) is 24.3 Å². The van der Waals surface area contributed by atoms with Gasteiger partial charge in [-0.05, 0) is 65.8 Å². The number of amides is 2. The van der Waals surface area contributed by atoms with Crippen molar-refractivity contribution < 1.29 is 19.1 Å². The maximum Gasteiger partial charge on any atom is 0.412 e. The Bertz CT molecular complexity index is 880. The zero-order valence-corrected chi connectivity index (χ0v) is 17.8. The van der Waals surface area contributed by atoms with Crippen molar-refractivity contribution in [3.63, 3.8) is 0 Å². The Morgan fingerprint density at radius 1 is 0.967 bits per heavy atom. The van der Waals surface area contributed by atoms with Gasteiger partial charge in [0.25, 0.3) is 0 Å². The average Bonchev–Trinajstić information content (AvgIpc) is 2.66. The summed E-state index contributed by atoms with van der Waals surface area (Å²) in [6.07, 6.45) is 1.74. The normalized spacial score (nSPS) is 22.7. The first-order valence-electron chi connectivity index (χ1n) is 10.2. The molecular weight excluding hydrogens is 380 g/mol. The van der Waals surface area contributed by atoms with Crippen molar-refractivity contribution >= 4 is 12.2 Å². The van der Waals surface area contributed by atoms with E-state index in [2.05, 4.69) is 26.1 Å². The zero-order chi connectivity index (χ0) is 21.8. The van der Waals surface area contributed by atoms with Gasteiger partial charge >= 0.3 is 12.2 Å². The van der Waals surface area contributed by atoms with Crippen LogP contribution in [-0.4, -0.2) is 18.7 Å².